The Hall–Kier alpha value is -0.890. The van der Waals surface area contributed by atoms with Gasteiger partial charge in [-0.25, -0.2) is 0 Å². The van der Waals surface area contributed by atoms with Gasteiger partial charge in [-0.1, -0.05) is 13.0 Å². The van der Waals surface area contributed by atoms with Crippen molar-refractivity contribution in [3.05, 3.63) is 29.6 Å². The van der Waals surface area contributed by atoms with Crippen LogP contribution >= 0.6 is 0 Å². The third kappa shape index (κ3) is 1.67. The number of pyridine rings is 1. The minimum absolute atomic E-state index is 0.648. The Bertz CT molecular complexity index is 309. The van der Waals surface area contributed by atoms with E-state index in [4.69, 9.17) is 5.73 Å². The number of fused-ring (bicyclic) bond motifs is 1. The van der Waals surface area contributed by atoms with Gasteiger partial charge in [0.1, 0.15) is 0 Å². The second-order valence-corrected chi connectivity index (χ2v) is 4.25. The van der Waals surface area contributed by atoms with Crippen LogP contribution in [0, 0.1) is 5.92 Å². The molecule has 76 valence electrons. The van der Waals surface area contributed by atoms with Crippen LogP contribution in [0.15, 0.2) is 18.3 Å². The van der Waals surface area contributed by atoms with Gasteiger partial charge in [0, 0.05) is 17.8 Å². The van der Waals surface area contributed by atoms with Gasteiger partial charge in [-0.05, 0) is 43.4 Å². The summed E-state index contributed by atoms with van der Waals surface area (Å²) in [4.78, 5) is 4.50. The Labute approximate surface area is 85.5 Å². The summed E-state index contributed by atoms with van der Waals surface area (Å²) in [6, 6.07) is 4.24. The van der Waals surface area contributed by atoms with Crippen molar-refractivity contribution in [3.63, 3.8) is 0 Å². The molecule has 0 aromatic carbocycles. The molecule has 0 saturated carbocycles. The Kier molecular flexibility index (Phi) is 2.82. The van der Waals surface area contributed by atoms with Crippen molar-refractivity contribution in [2.75, 3.05) is 6.54 Å². The van der Waals surface area contributed by atoms with E-state index >= 15 is 0 Å². The SMILES string of the molecule is CC(CCN)C1CCc2cccnc21. The van der Waals surface area contributed by atoms with Crippen molar-refractivity contribution in [3.8, 4) is 0 Å². The van der Waals surface area contributed by atoms with Gasteiger partial charge in [0.2, 0.25) is 0 Å². The van der Waals surface area contributed by atoms with E-state index in [1.807, 2.05) is 12.3 Å². The van der Waals surface area contributed by atoms with Crippen molar-refractivity contribution < 1.29 is 0 Å². The Balaban J connectivity index is 2.17. The molecule has 14 heavy (non-hydrogen) atoms. The molecule has 2 atom stereocenters. The highest BCUT2D eigenvalue weighted by Gasteiger charge is 2.27. The molecule has 0 fully saturated rings. The van der Waals surface area contributed by atoms with Gasteiger partial charge in [-0.15, -0.1) is 0 Å². The van der Waals surface area contributed by atoms with Crippen LogP contribution in [0.5, 0.6) is 0 Å². The molecule has 1 aliphatic carbocycles. The zero-order chi connectivity index (χ0) is 9.97. The monoisotopic (exact) mass is 190 g/mol. The highest BCUT2D eigenvalue weighted by atomic mass is 14.7. The molecule has 1 aromatic heterocycles. The smallest absolute Gasteiger partial charge is 0.0469 e. The first-order chi connectivity index (χ1) is 6.83. The number of rotatable bonds is 3. The lowest BCUT2D eigenvalue weighted by Gasteiger charge is -2.18. The molecule has 2 heteroatoms. The summed E-state index contributed by atoms with van der Waals surface area (Å²) in [5.74, 6) is 1.32. The van der Waals surface area contributed by atoms with Gasteiger partial charge < -0.3 is 5.73 Å². The largest absolute Gasteiger partial charge is 0.330 e. The number of hydrogen-bond donors (Lipinski definition) is 1. The minimum Gasteiger partial charge on any atom is -0.330 e. The van der Waals surface area contributed by atoms with E-state index in [2.05, 4.69) is 18.0 Å². The molecular formula is C12H18N2. The summed E-state index contributed by atoms with van der Waals surface area (Å²) >= 11 is 0. The van der Waals surface area contributed by atoms with E-state index in [1.54, 1.807) is 0 Å². The molecule has 1 aliphatic rings. The summed E-state index contributed by atoms with van der Waals surface area (Å²) in [6.45, 7) is 3.08. The number of nitrogens with zero attached hydrogens (tertiary/aromatic N) is 1. The summed E-state index contributed by atoms with van der Waals surface area (Å²) in [6.07, 6.45) is 5.48. The summed E-state index contributed by atoms with van der Waals surface area (Å²) < 4.78 is 0. The average molecular weight is 190 g/mol. The lowest BCUT2D eigenvalue weighted by molar-refractivity contribution is 0.426. The number of aryl methyl sites for hydroxylation is 1. The van der Waals surface area contributed by atoms with E-state index in [1.165, 1.54) is 24.1 Å². The lowest BCUT2D eigenvalue weighted by Crippen LogP contribution is -2.13. The van der Waals surface area contributed by atoms with Crippen LogP contribution < -0.4 is 5.73 Å². The maximum absolute atomic E-state index is 5.60. The van der Waals surface area contributed by atoms with E-state index in [9.17, 15) is 0 Å². The van der Waals surface area contributed by atoms with E-state index < -0.39 is 0 Å². The van der Waals surface area contributed by atoms with Crippen LogP contribution in [-0.2, 0) is 6.42 Å². The average Bonchev–Trinajstić information content (AvgIpc) is 2.61. The number of nitrogens with two attached hydrogens (primary N) is 1. The summed E-state index contributed by atoms with van der Waals surface area (Å²) in [5.41, 5.74) is 8.37. The zero-order valence-electron chi connectivity index (χ0n) is 8.74. The molecule has 1 aromatic rings. The van der Waals surface area contributed by atoms with Crippen molar-refractivity contribution in [1.82, 2.24) is 4.98 Å². The van der Waals surface area contributed by atoms with Crippen molar-refractivity contribution in [2.45, 2.75) is 32.1 Å². The Morgan fingerprint density at radius 2 is 2.50 bits per heavy atom. The van der Waals surface area contributed by atoms with Gasteiger partial charge in [0.15, 0.2) is 0 Å². The standard InChI is InChI=1S/C12H18N2/c1-9(6-7-13)11-5-4-10-3-2-8-14-12(10)11/h2-3,8-9,11H,4-7,13H2,1H3. The quantitative estimate of drug-likeness (QED) is 0.792. The fourth-order valence-corrected chi connectivity index (χ4v) is 2.46. The zero-order valence-corrected chi connectivity index (χ0v) is 8.74. The first kappa shape index (κ1) is 9.66. The van der Waals surface area contributed by atoms with Crippen molar-refractivity contribution >= 4 is 0 Å². The highest BCUT2D eigenvalue weighted by molar-refractivity contribution is 5.28. The topological polar surface area (TPSA) is 38.9 Å². The predicted molar refractivity (Wildman–Crippen MR) is 58.1 cm³/mol. The van der Waals surface area contributed by atoms with Crippen LogP contribution in [-0.4, -0.2) is 11.5 Å². The van der Waals surface area contributed by atoms with Gasteiger partial charge in [-0.2, -0.15) is 0 Å². The van der Waals surface area contributed by atoms with Crippen LogP contribution in [0.4, 0.5) is 0 Å². The molecule has 0 aliphatic heterocycles. The first-order valence-electron chi connectivity index (χ1n) is 5.46. The normalized spacial score (nSPS) is 22.0. The third-order valence-corrected chi connectivity index (χ3v) is 3.31. The number of aromatic nitrogens is 1. The molecule has 1 heterocycles. The molecule has 2 nitrogen and oxygen atoms in total. The molecule has 2 N–H and O–H groups in total. The molecule has 0 radical (unpaired) electrons. The van der Waals surface area contributed by atoms with Gasteiger partial charge in [-0.3, -0.25) is 4.98 Å². The third-order valence-electron chi connectivity index (χ3n) is 3.31. The van der Waals surface area contributed by atoms with Crippen LogP contribution in [0.2, 0.25) is 0 Å². The number of hydrogen-bond acceptors (Lipinski definition) is 2. The van der Waals surface area contributed by atoms with Crippen molar-refractivity contribution in [1.29, 1.82) is 0 Å². The molecular weight excluding hydrogens is 172 g/mol. The molecule has 2 rings (SSSR count). The highest BCUT2D eigenvalue weighted by Crippen LogP contribution is 2.37. The Morgan fingerprint density at radius 1 is 1.64 bits per heavy atom. The van der Waals surface area contributed by atoms with Crippen LogP contribution in [0.1, 0.15) is 36.9 Å². The lowest BCUT2D eigenvalue weighted by atomic mass is 9.89. The van der Waals surface area contributed by atoms with Gasteiger partial charge >= 0.3 is 0 Å². The molecule has 2 unspecified atom stereocenters. The molecule has 0 amide bonds. The first-order valence-corrected chi connectivity index (χ1v) is 5.46. The predicted octanol–water partition coefficient (Wildman–Crippen LogP) is 2.10. The Morgan fingerprint density at radius 3 is 3.29 bits per heavy atom. The van der Waals surface area contributed by atoms with Crippen LogP contribution in [0.3, 0.4) is 0 Å². The van der Waals surface area contributed by atoms with Crippen molar-refractivity contribution in [2.24, 2.45) is 11.7 Å². The maximum Gasteiger partial charge on any atom is 0.0469 e. The molecule has 0 bridgehead atoms. The summed E-state index contributed by atoms with van der Waals surface area (Å²) in [7, 11) is 0. The van der Waals surface area contributed by atoms with Gasteiger partial charge in [0.05, 0.1) is 0 Å². The van der Waals surface area contributed by atoms with Gasteiger partial charge in [0.25, 0.3) is 0 Å². The maximum atomic E-state index is 5.60. The fourth-order valence-electron chi connectivity index (χ4n) is 2.46. The van der Waals surface area contributed by atoms with E-state index in [0.717, 1.165) is 13.0 Å². The van der Waals surface area contributed by atoms with Crippen LogP contribution in [0.25, 0.3) is 0 Å². The molecule has 0 saturated heterocycles. The summed E-state index contributed by atoms with van der Waals surface area (Å²) in [5, 5.41) is 0. The minimum atomic E-state index is 0.648. The fraction of sp³-hybridized carbons (Fsp3) is 0.583. The molecule has 0 spiro atoms. The second kappa shape index (κ2) is 4.09. The van der Waals surface area contributed by atoms with E-state index in [0.29, 0.717) is 11.8 Å². The second-order valence-electron chi connectivity index (χ2n) is 4.25. The van der Waals surface area contributed by atoms with E-state index in [-0.39, 0.29) is 0 Å².